The lowest BCUT2D eigenvalue weighted by Gasteiger charge is -2.47. The van der Waals surface area contributed by atoms with E-state index in [2.05, 4.69) is 0 Å². The van der Waals surface area contributed by atoms with Crippen LogP contribution in [0.1, 0.15) is 49.3 Å². The van der Waals surface area contributed by atoms with E-state index in [4.69, 9.17) is 14.2 Å². The maximum atomic E-state index is 11.5. The van der Waals surface area contributed by atoms with Gasteiger partial charge >= 0.3 is 5.97 Å². The van der Waals surface area contributed by atoms with E-state index >= 15 is 0 Å². The molecule has 0 radical (unpaired) electrons. The summed E-state index contributed by atoms with van der Waals surface area (Å²) in [4.78, 5) is 11.3. The van der Waals surface area contributed by atoms with Gasteiger partial charge in [0, 0.05) is 18.1 Å². The summed E-state index contributed by atoms with van der Waals surface area (Å²) in [6.45, 7) is 4.81. The molecule has 0 amide bonds. The van der Waals surface area contributed by atoms with E-state index in [1.807, 2.05) is 19.1 Å². The minimum absolute atomic E-state index is 0.0424. The number of aliphatic hydroxyl groups is 6. The highest BCUT2D eigenvalue weighted by molar-refractivity contribution is 5.66. The van der Waals surface area contributed by atoms with E-state index in [0.29, 0.717) is 17.9 Å². The molecule has 10 heteroatoms. The molecule has 0 bridgehead atoms. The first-order valence-electron chi connectivity index (χ1n) is 11.3. The first-order chi connectivity index (χ1) is 16.5. The van der Waals surface area contributed by atoms with Gasteiger partial charge in [-0.25, -0.2) is 0 Å². The van der Waals surface area contributed by atoms with Crippen molar-refractivity contribution in [3.8, 4) is 5.75 Å². The van der Waals surface area contributed by atoms with Crippen molar-refractivity contribution in [1.29, 1.82) is 0 Å². The molecule has 2 aromatic rings. The van der Waals surface area contributed by atoms with Crippen molar-refractivity contribution in [2.75, 3.05) is 6.61 Å². The molecule has 1 saturated heterocycles. The Labute approximate surface area is 202 Å². The molecule has 35 heavy (non-hydrogen) atoms. The van der Waals surface area contributed by atoms with Crippen LogP contribution in [0, 0.1) is 0 Å². The number of hydrogen-bond acceptors (Lipinski definition) is 10. The number of benzene rings is 2. The van der Waals surface area contributed by atoms with E-state index in [0.717, 1.165) is 12.5 Å². The van der Waals surface area contributed by atoms with Crippen molar-refractivity contribution in [3.05, 3.63) is 64.7 Å². The number of carbonyl (C=O) groups is 1. The third-order valence-corrected chi connectivity index (χ3v) is 5.91. The monoisotopic (exact) mass is 492 g/mol. The summed E-state index contributed by atoms with van der Waals surface area (Å²) in [5.41, 5.74) is 1.29. The number of aliphatic hydroxyl groups excluding tert-OH is 5. The number of rotatable bonds is 8. The summed E-state index contributed by atoms with van der Waals surface area (Å²) in [6.07, 6.45) is -9.70. The highest BCUT2D eigenvalue weighted by Crippen LogP contribution is 2.40. The zero-order valence-corrected chi connectivity index (χ0v) is 19.7. The molecule has 2 aromatic carbocycles. The lowest BCUT2D eigenvalue weighted by molar-refractivity contribution is -0.364. The lowest BCUT2D eigenvalue weighted by atomic mass is 9.83. The molecule has 10 nitrogen and oxygen atoms in total. The summed E-state index contributed by atoms with van der Waals surface area (Å²) < 4.78 is 15.9. The van der Waals surface area contributed by atoms with Gasteiger partial charge in [-0.2, -0.15) is 0 Å². The van der Waals surface area contributed by atoms with Crippen LogP contribution >= 0.6 is 0 Å². The predicted molar refractivity (Wildman–Crippen MR) is 122 cm³/mol. The Morgan fingerprint density at radius 2 is 1.74 bits per heavy atom. The van der Waals surface area contributed by atoms with Crippen molar-refractivity contribution >= 4 is 5.97 Å². The normalized spacial score (nSPS) is 28.3. The minimum Gasteiger partial charge on any atom is -0.494 e. The number of hydrogen-bond donors (Lipinski definition) is 6. The summed E-state index contributed by atoms with van der Waals surface area (Å²) in [5.74, 6) is -2.64. The van der Waals surface area contributed by atoms with Gasteiger partial charge < -0.3 is 44.8 Å². The summed E-state index contributed by atoms with van der Waals surface area (Å²) in [5, 5.41) is 63.3. The molecule has 3 rings (SSSR count). The molecular weight excluding hydrogens is 460 g/mol. The molecular formula is C25H32O10. The van der Waals surface area contributed by atoms with Crippen LogP contribution in [0.4, 0.5) is 0 Å². The van der Waals surface area contributed by atoms with Crippen LogP contribution < -0.4 is 4.74 Å². The average molecular weight is 493 g/mol. The first kappa shape index (κ1) is 27.0. The van der Waals surface area contributed by atoms with Crippen LogP contribution in [0.25, 0.3) is 0 Å². The quantitative estimate of drug-likeness (QED) is 0.222. The Hall–Kier alpha value is -2.57. The highest BCUT2D eigenvalue weighted by Gasteiger charge is 2.55. The van der Waals surface area contributed by atoms with Crippen LogP contribution in [-0.2, 0) is 26.5 Å². The fraction of sp³-hybridized carbons (Fsp3) is 0.480. The fourth-order valence-corrected chi connectivity index (χ4v) is 4.12. The molecule has 0 spiro atoms. The molecule has 0 saturated carbocycles. The van der Waals surface area contributed by atoms with Crippen molar-refractivity contribution < 1.29 is 49.6 Å². The fourth-order valence-electron chi connectivity index (χ4n) is 4.12. The molecule has 6 N–H and O–H groups in total. The van der Waals surface area contributed by atoms with Crippen LogP contribution in [0.3, 0.4) is 0 Å². The SMILES string of the molecule is CCOc1ccc(Cc2ccc(C(O)OC(C)=O)cc2[C@@]2(O)O[C@H]([C@H](C)O)[C@@H](O)[C@H](O)[C@H]2O)cc1. The molecule has 1 aliphatic rings. The van der Waals surface area contributed by atoms with Crippen molar-refractivity contribution in [1.82, 2.24) is 0 Å². The summed E-state index contributed by atoms with van der Waals surface area (Å²) in [7, 11) is 0. The van der Waals surface area contributed by atoms with E-state index in [9.17, 15) is 35.4 Å². The maximum Gasteiger partial charge on any atom is 0.305 e. The van der Waals surface area contributed by atoms with Gasteiger partial charge in [0.15, 0.2) is 0 Å². The van der Waals surface area contributed by atoms with E-state index in [-0.39, 0.29) is 17.5 Å². The standard InChI is InChI=1S/C25H32O10/c1-4-33-18-9-5-15(6-10-18)11-16-7-8-17(24(31)34-14(3)27)12-19(16)25(32)23(30)21(29)20(28)22(35-25)13(2)26/h5-10,12-13,20-24,26,28-32H,4,11H2,1-3H3/t13-,20-,21-,22+,23+,24?,25+/m0/s1. The molecule has 1 fully saturated rings. The van der Waals surface area contributed by atoms with E-state index in [1.165, 1.54) is 19.1 Å². The molecule has 7 atom stereocenters. The van der Waals surface area contributed by atoms with Gasteiger partial charge in [0.1, 0.15) is 30.2 Å². The third-order valence-electron chi connectivity index (χ3n) is 5.91. The second-order valence-corrected chi connectivity index (χ2v) is 8.58. The zero-order chi connectivity index (χ0) is 25.9. The third kappa shape index (κ3) is 5.81. The van der Waals surface area contributed by atoms with Gasteiger partial charge in [0.05, 0.1) is 12.7 Å². The molecule has 1 heterocycles. The van der Waals surface area contributed by atoms with Crippen LogP contribution in [0.2, 0.25) is 0 Å². The Kier molecular flexibility index (Phi) is 8.50. The molecule has 0 aromatic heterocycles. The zero-order valence-electron chi connectivity index (χ0n) is 19.7. The van der Waals surface area contributed by atoms with Gasteiger partial charge in [-0.05, 0) is 49.6 Å². The lowest BCUT2D eigenvalue weighted by Crippen LogP contribution is -2.65. The Morgan fingerprint density at radius 3 is 2.31 bits per heavy atom. The number of carbonyl (C=O) groups excluding carboxylic acids is 1. The largest absolute Gasteiger partial charge is 0.494 e. The summed E-state index contributed by atoms with van der Waals surface area (Å²) >= 11 is 0. The van der Waals surface area contributed by atoms with E-state index < -0.39 is 48.6 Å². The Bertz CT molecular complexity index is 1010. The smallest absolute Gasteiger partial charge is 0.305 e. The number of ether oxygens (including phenoxy) is 3. The van der Waals surface area contributed by atoms with Crippen molar-refractivity contribution in [3.63, 3.8) is 0 Å². The van der Waals surface area contributed by atoms with Gasteiger partial charge in [0.25, 0.3) is 0 Å². The average Bonchev–Trinajstić information content (AvgIpc) is 2.81. The van der Waals surface area contributed by atoms with Crippen LogP contribution in [0.15, 0.2) is 42.5 Å². The van der Waals surface area contributed by atoms with Gasteiger partial charge in [-0.1, -0.05) is 24.3 Å². The second-order valence-electron chi connectivity index (χ2n) is 8.58. The topological polar surface area (TPSA) is 166 Å². The number of esters is 1. The van der Waals surface area contributed by atoms with Crippen molar-refractivity contribution in [2.45, 2.75) is 69.8 Å². The Morgan fingerprint density at radius 1 is 1.09 bits per heavy atom. The van der Waals surface area contributed by atoms with Crippen LogP contribution in [-0.4, -0.2) is 73.7 Å². The van der Waals surface area contributed by atoms with Gasteiger partial charge in [-0.3, -0.25) is 4.79 Å². The molecule has 1 unspecified atom stereocenters. The summed E-state index contributed by atoms with van der Waals surface area (Å²) in [6, 6.07) is 11.5. The minimum atomic E-state index is -2.58. The molecule has 1 aliphatic heterocycles. The molecule has 0 aliphatic carbocycles. The predicted octanol–water partition coefficient (Wildman–Crippen LogP) is 0.237. The van der Waals surface area contributed by atoms with Crippen LogP contribution in [0.5, 0.6) is 5.75 Å². The van der Waals surface area contributed by atoms with Gasteiger partial charge in [0.2, 0.25) is 12.1 Å². The first-order valence-corrected chi connectivity index (χ1v) is 11.3. The van der Waals surface area contributed by atoms with Gasteiger partial charge in [-0.15, -0.1) is 0 Å². The van der Waals surface area contributed by atoms with E-state index in [1.54, 1.807) is 18.2 Å². The Balaban J connectivity index is 2.08. The second kappa shape index (κ2) is 11.0. The highest BCUT2D eigenvalue weighted by atomic mass is 16.7. The maximum absolute atomic E-state index is 11.5. The molecule has 192 valence electrons. The van der Waals surface area contributed by atoms with Crippen molar-refractivity contribution in [2.24, 2.45) is 0 Å².